The standard InChI is InChI=1S/C21H27N3O6S/c1-23-9-11-24(12-10-23)31(26,27)17-7-5-16(6-8-17)22-21(25)15-13-18(28-2)20(30-4)19(14-15)29-3/h5-8,13-14H,9-12H2,1-4H3,(H,22,25). The molecule has 0 aliphatic carbocycles. The van der Waals surface area contributed by atoms with Crippen LogP contribution in [0.2, 0.25) is 0 Å². The van der Waals surface area contributed by atoms with Gasteiger partial charge >= 0.3 is 0 Å². The number of carbonyl (C=O) groups excluding carboxylic acids is 1. The van der Waals surface area contributed by atoms with Gasteiger partial charge in [-0.3, -0.25) is 4.79 Å². The molecule has 1 aliphatic heterocycles. The summed E-state index contributed by atoms with van der Waals surface area (Å²) in [6.07, 6.45) is 0. The Labute approximate surface area is 182 Å². The van der Waals surface area contributed by atoms with Crippen molar-refractivity contribution in [2.75, 3.05) is 59.9 Å². The van der Waals surface area contributed by atoms with Gasteiger partial charge in [-0.2, -0.15) is 4.31 Å². The third kappa shape index (κ3) is 4.92. The molecule has 0 bridgehead atoms. The molecule has 2 aromatic rings. The molecule has 0 atom stereocenters. The van der Waals surface area contributed by atoms with Crippen molar-refractivity contribution in [1.29, 1.82) is 0 Å². The molecule has 0 aromatic heterocycles. The minimum absolute atomic E-state index is 0.197. The molecule has 1 heterocycles. The molecule has 9 nitrogen and oxygen atoms in total. The number of sulfonamides is 1. The molecule has 31 heavy (non-hydrogen) atoms. The lowest BCUT2D eigenvalue weighted by molar-refractivity contribution is 0.102. The minimum Gasteiger partial charge on any atom is -0.493 e. The number of nitrogens with one attached hydrogen (secondary N) is 1. The molecule has 0 unspecified atom stereocenters. The number of methoxy groups -OCH3 is 3. The fourth-order valence-electron chi connectivity index (χ4n) is 3.30. The third-order valence-electron chi connectivity index (χ3n) is 5.14. The van der Waals surface area contributed by atoms with Crippen molar-refractivity contribution in [2.24, 2.45) is 0 Å². The van der Waals surface area contributed by atoms with Gasteiger partial charge in [-0.1, -0.05) is 0 Å². The highest BCUT2D eigenvalue weighted by molar-refractivity contribution is 7.89. The fraction of sp³-hybridized carbons (Fsp3) is 0.381. The van der Waals surface area contributed by atoms with Crippen LogP contribution in [0, 0.1) is 0 Å². The van der Waals surface area contributed by atoms with Crippen LogP contribution in [0.15, 0.2) is 41.3 Å². The van der Waals surface area contributed by atoms with Crippen LogP contribution in [0.25, 0.3) is 0 Å². The van der Waals surface area contributed by atoms with Gasteiger partial charge in [0.1, 0.15) is 0 Å². The molecule has 1 N–H and O–H groups in total. The van der Waals surface area contributed by atoms with E-state index in [9.17, 15) is 13.2 Å². The van der Waals surface area contributed by atoms with Gasteiger partial charge < -0.3 is 24.4 Å². The Hall–Kier alpha value is -2.82. The molecule has 1 amide bonds. The van der Waals surface area contributed by atoms with Crippen LogP contribution in [0.1, 0.15) is 10.4 Å². The summed E-state index contributed by atoms with van der Waals surface area (Å²) in [5, 5.41) is 2.76. The number of ether oxygens (including phenoxy) is 3. The first-order chi connectivity index (χ1) is 14.8. The second kappa shape index (κ2) is 9.54. The van der Waals surface area contributed by atoms with Gasteiger partial charge in [-0.25, -0.2) is 8.42 Å². The monoisotopic (exact) mass is 449 g/mol. The van der Waals surface area contributed by atoms with Crippen molar-refractivity contribution in [3.8, 4) is 17.2 Å². The molecular weight excluding hydrogens is 422 g/mol. The Morgan fingerprint density at radius 3 is 1.94 bits per heavy atom. The summed E-state index contributed by atoms with van der Waals surface area (Å²) in [6.45, 7) is 2.31. The van der Waals surface area contributed by atoms with Gasteiger partial charge in [0.2, 0.25) is 15.8 Å². The van der Waals surface area contributed by atoms with E-state index in [0.29, 0.717) is 54.7 Å². The zero-order valence-corrected chi connectivity index (χ0v) is 18.9. The lowest BCUT2D eigenvalue weighted by Crippen LogP contribution is -2.46. The van der Waals surface area contributed by atoms with Gasteiger partial charge in [0, 0.05) is 37.4 Å². The van der Waals surface area contributed by atoms with E-state index < -0.39 is 15.9 Å². The largest absolute Gasteiger partial charge is 0.493 e. The Kier molecular flexibility index (Phi) is 7.04. The van der Waals surface area contributed by atoms with Crippen LogP contribution in [0.4, 0.5) is 5.69 Å². The average Bonchev–Trinajstić information content (AvgIpc) is 2.78. The molecule has 10 heteroatoms. The predicted molar refractivity (Wildman–Crippen MR) is 117 cm³/mol. The zero-order chi connectivity index (χ0) is 22.6. The SMILES string of the molecule is COc1cc(C(=O)Nc2ccc(S(=O)(=O)N3CCN(C)CC3)cc2)cc(OC)c1OC. The molecule has 2 aromatic carbocycles. The highest BCUT2D eigenvalue weighted by atomic mass is 32.2. The van der Waals surface area contributed by atoms with E-state index in [-0.39, 0.29) is 4.90 Å². The fourth-order valence-corrected chi connectivity index (χ4v) is 4.73. The lowest BCUT2D eigenvalue weighted by atomic mass is 10.1. The molecule has 1 fully saturated rings. The number of hydrogen-bond acceptors (Lipinski definition) is 7. The number of carbonyl (C=O) groups is 1. The number of rotatable bonds is 7. The maximum absolute atomic E-state index is 12.8. The second-order valence-corrected chi connectivity index (χ2v) is 9.04. The van der Waals surface area contributed by atoms with E-state index in [0.717, 1.165) is 0 Å². The molecule has 0 spiro atoms. The van der Waals surface area contributed by atoms with Crippen LogP contribution >= 0.6 is 0 Å². The van der Waals surface area contributed by atoms with Gasteiger partial charge in [-0.15, -0.1) is 0 Å². The smallest absolute Gasteiger partial charge is 0.255 e. The predicted octanol–water partition coefficient (Wildman–Crippen LogP) is 1.90. The first-order valence-electron chi connectivity index (χ1n) is 9.70. The summed E-state index contributed by atoms with van der Waals surface area (Å²) in [7, 11) is 2.83. The van der Waals surface area contributed by atoms with Crippen LogP contribution in [-0.4, -0.2) is 78.1 Å². The quantitative estimate of drug-likeness (QED) is 0.690. The summed E-state index contributed by atoms with van der Waals surface area (Å²) < 4.78 is 43.0. The topological polar surface area (TPSA) is 97.4 Å². The molecule has 0 radical (unpaired) electrons. The Bertz CT molecular complexity index is 1010. The molecule has 1 saturated heterocycles. The van der Waals surface area contributed by atoms with E-state index in [2.05, 4.69) is 10.2 Å². The van der Waals surface area contributed by atoms with Crippen LogP contribution in [-0.2, 0) is 10.0 Å². The summed E-state index contributed by atoms with van der Waals surface area (Å²) in [4.78, 5) is 15.0. The number of anilines is 1. The van der Waals surface area contributed by atoms with E-state index in [4.69, 9.17) is 14.2 Å². The minimum atomic E-state index is -3.56. The second-order valence-electron chi connectivity index (χ2n) is 7.10. The van der Waals surface area contributed by atoms with Crippen molar-refractivity contribution in [1.82, 2.24) is 9.21 Å². The number of nitrogens with zero attached hydrogens (tertiary/aromatic N) is 2. The Morgan fingerprint density at radius 1 is 0.903 bits per heavy atom. The molecule has 0 saturated carbocycles. The van der Waals surface area contributed by atoms with Crippen molar-refractivity contribution >= 4 is 21.6 Å². The highest BCUT2D eigenvalue weighted by Crippen LogP contribution is 2.38. The number of benzene rings is 2. The third-order valence-corrected chi connectivity index (χ3v) is 7.05. The zero-order valence-electron chi connectivity index (χ0n) is 18.0. The van der Waals surface area contributed by atoms with Gasteiger partial charge in [-0.05, 0) is 43.4 Å². The van der Waals surface area contributed by atoms with Crippen LogP contribution in [0.5, 0.6) is 17.2 Å². The van der Waals surface area contributed by atoms with Gasteiger partial charge in [0.25, 0.3) is 5.91 Å². The number of likely N-dealkylation sites (N-methyl/N-ethyl adjacent to an activating group) is 1. The van der Waals surface area contributed by atoms with Crippen molar-refractivity contribution < 1.29 is 27.4 Å². The number of amides is 1. The molecule has 168 valence electrons. The van der Waals surface area contributed by atoms with E-state index in [1.54, 1.807) is 24.3 Å². The molecular formula is C21H27N3O6S. The first kappa shape index (κ1) is 22.9. The summed E-state index contributed by atoms with van der Waals surface area (Å²) in [5.74, 6) is 0.718. The van der Waals surface area contributed by atoms with Crippen molar-refractivity contribution in [2.45, 2.75) is 4.90 Å². The van der Waals surface area contributed by atoms with Crippen LogP contribution < -0.4 is 19.5 Å². The Morgan fingerprint density at radius 2 is 1.45 bits per heavy atom. The number of hydrogen-bond donors (Lipinski definition) is 1. The number of piperazine rings is 1. The maximum Gasteiger partial charge on any atom is 0.255 e. The highest BCUT2D eigenvalue weighted by Gasteiger charge is 2.27. The van der Waals surface area contributed by atoms with E-state index in [1.165, 1.54) is 37.8 Å². The normalized spacial score (nSPS) is 15.4. The Balaban J connectivity index is 1.76. The lowest BCUT2D eigenvalue weighted by Gasteiger charge is -2.31. The maximum atomic E-state index is 12.8. The molecule has 1 aliphatic rings. The average molecular weight is 450 g/mol. The first-order valence-corrected chi connectivity index (χ1v) is 11.1. The molecule has 3 rings (SSSR count). The summed E-state index contributed by atoms with van der Waals surface area (Å²) >= 11 is 0. The van der Waals surface area contributed by atoms with Crippen molar-refractivity contribution in [3.63, 3.8) is 0 Å². The van der Waals surface area contributed by atoms with E-state index >= 15 is 0 Å². The van der Waals surface area contributed by atoms with Gasteiger partial charge in [0.15, 0.2) is 11.5 Å². The van der Waals surface area contributed by atoms with Gasteiger partial charge in [0.05, 0.1) is 26.2 Å². The van der Waals surface area contributed by atoms with Crippen molar-refractivity contribution in [3.05, 3.63) is 42.0 Å². The van der Waals surface area contributed by atoms with E-state index in [1.807, 2.05) is 7.05 Å². The summed E-state index contributed by atoms with van der Waals surface area (Å²) in [5.41, 5.74) is 0.778. The summed E-state index contributed by atoms with van der Waals surface area (Å²) in [6, 6.07) is 9.22. The van der Waals surface area contributed by atoms with Crippen LogP contribution in [0.3, 0.4) is 0 Å².